The number of carbonyl (C=O) groups excluding carboxylic acids is 1. The smallest absolute Gasteiger partial charge is 0.287 e. The average Bonchev–Trinajstić information content (AvgIpc) is 2.32. The van der Waals surface area contributed by atoms with Gasteiger partial charge in [0.05, 0.1) is 9.35 Å². The van der Waals surface area contributed by atoms with Crippen molar-refractivity contribution < 1.29 is 13.6 Å². The Morgan fingerprint density at radius 2 is 2.08 bits per heavy atom. The SMILES string of the molecule is O=C(c1scc(Br)c1Br)C(F)F. The molecule has 0 aliphatic heterocycles. The summed E-state index contributed by atoms with van der Waals surface area (Å²) in [6.45, 7) is 0. The fraction of sp³-hybridized carbons (Fsp3) is 0.167. The van der Waals surface area contributed by atoms with Gasteiger partial charge >= 0.3 is 6.43 Å². The third kappa shape index (κ3) is 1.92. The molecule has 0 fully saturated rings. The predicted molar refractivity (Wildman–Crippen MR) is 50.1 cm³/mol. The first kappa shape index (κ1) is 10.3. The first-order valence-electron chi connectivity index (χ1n) is 2.79. The summed E-state index contributed by atoms with van der Waals surface area (Å²) in [6.07, 6.45) is -2.94. The monoisotopic (exact) mass is 318 g/mol. The summed E-state index contributed by atoms with van der Waals surface area (Å²) in [4.78, 5) is 10.8. The zero-order valence-corrected chi connectivity index (χ0v) is 9.47. The number of hydrogen-bond acceptors (Lipinski definition) is 2. The molecule has 0 amide bonds. The van der Waals surface area contributed by atoms with Crippen LogP contribution >= 0.6 is 43.2 Å². The molecule has 0 saturated carbocycles. The van der Waals surface area contributed by atoms with Crippen molar-refractivity contribution >= 4 is 49.0 Å². The highest BCUT2D eigenvalue weighted by atomic mass is 79.9. The summed E-state index contributed by atoms with van der Waals surface area (Å²) in [7, 11) is 0. The maximum Gasteiger partial charge on any atom is 0.301 e. The van der Waals surface area contributed by atoms with Crippen LogP contribution in [-0.4, -0.2) is 12.2 Å². The molecular formula is C6H2Br2F2OS. The number of halogens is 4. The molecule has 1 aromatic rings. The topological polar surface area (TPSA) is 17.1 Å². The van der Waals surface area contributed by atoms with Crippen molar-refractivity contribution in [3.05, 3.63) is 19.2 Å². The van der Waals surface area contributed by atoms with E-state index in [9.17, 15) is 13.6 Å². The maximum absolute atomic E-state index is 11.9. The van der Waals surface area contributed by atoms with Crippen molar-refractivity contribution in [2.75, 3.05) is 0 Å². The minimum absolute atomic E-state index is 0.0527. The van der Waals surface area contributed by atoms with Crippen LogP contribution in [0.25, 0.3) is 0 Å². The lowest BCUT2D eigenvalue weighted by Crippen LogP contribution is -2.08. The number of Topliss-reactive ketones (excluding diaryl/α,β-unsaturated/α-hetero) is 1. The molecule has 0 aliphatic carbocycles. The predicted octanol–water partition coefficient (Wildman–Crippen LogP) is 3.72. The standard InChI is InChI=1S/C6H2Br2F2OS/c7-2-1-12-5(3(2)8)4(11)6(9)10/h1,6H. The normalized spacial score (nSPS) is 10.8. The van der Waals surface area contributed by atoms with Gasteiger partial charge in [-0.1, -0.05) is 0 Å². The van der Waals surface area contributed by atoms with E-state index in [2.05, 4.69) is 31.9 Å². The third-order valence-electron chi connectivity index (χ3n) is 1.11. The van der Waals surface area contributed by atoms with Crippen LogP contribution in [0.4, 0.5) is 8.78 Å². The second-order valence-electron chi connectivity index (χ2n) is 1.89. The van der Waals surface area contributed by atoms with E-state index in [1.165, 1.54) is 0 Å². The molecule has 6 heteroatoms. The van der Waals surface area contributed by atoms with Gasteiger partial charge < -0.3 is 0 Å². The summed E-state index contributed by atoms with van der Waals surface area (Å²) in [5, 5.41) is 1.58. The van der Waals surface area contributed by atoms with Gasteiger partial charge in [-0.25, -0.2) is 8.78 Å². The highest BCUT2D eigenvalue weighted by molar-refractivity contribution is 9.13. The fourth-order valence-corrected chi connectivity index (χ4v) is 2.70. The second-order valence-corrected chi connectivity index (χ2v) is 4.42. The number of ketones is 1. The molecule has 0 saturated heterocycles. The molecule has 66 valence electrons. The summed E-state index contributed by atoms with van der Waals surface area (Å²) in [5.41, 5.74) is 0. The van der Waals surface area contributed by atoms with Crippen molar-refractivity contribution in [3.8, 4) is 0 Å². The number of hydrogen-bond donors (Lipinski definition) is 0. The minimum atomic E-state index is -2.94. The van der Waals surface area contributed by atoms with Crippen LogP contribution in [0, 0.1) is 0 Å². The van der Waals surface area contributed by atoms with E-state index in [1.54, 1.807) is 5.38 Å². The van der Waals surface area contributed by atoms with Crippen LogP contribution in [-0.2, 0) is 0 Å². The Hall–Kier alpha value is 0.190. The van der Waals surface area contributed by atoms with Crippen molar-refractivity contribution in [2.24, 2.45) is 0 Å². The van der Waals surface area contributed by atoms with Crippen molar-refractivity contribution in [1.29, 1.82) is 0 Å². The van der Waals surface area contributed by atoms with E-state index >= 15 is 0 Å². The highest BCUT2D eigenvalue weighted by Gasteiger charge is 2.22. The zero-order valence-electron chi connectivity index (χ0n) is 5.48. The van der Waals surface area contributed by atoms with Gasteiger partial charge in [0.25, 0.3) is 0 Å². The van der Waals surface area contributed by atoms with E-state index in [0.717, 1.165) is 11.3 Å². The van der Waals surface area contributed by atoms with Crippen molar-refractivity contribution in [1.82, 2.24) is 0 Å². The van der Waals surface area contributed by atoms with Gasteiger partial charge in [0.15, 0.2) is 0 Å². The second kappa shape index (κ2) is 3.93. The molecule has 0 unspecified atom stereocenters. The van der Waals surface area contributed by atoms with E-state index < -0.39 is 12.2 Å². The molecule has 1 nitrogen and oxygen atoms in total. The molecule has 1 heterocycles. The molecule has 0 bridgehead atoms. The fourth-order valence-electron chi connectivity index (χ4n) is 0.588. The Morgan fingerprint density at radius 1 is 1.50 bits per heavy atom. The van der Waals surface area contributed by atoms with Gasteiger partial charge in [0.2, 0.25) is 5.78 Å². The largest absolute Gasteiger partial charge is 0.301 e. The van der Waals surface area contributed by atoms with Crippen LogP contribution in [0.15, 0.2) is 14.3 Å². The Labute approximate surface area is 88.0 Å². The van der Waals surface area contributed by atoms with Crippen LogP contribution in [0.3, 0.4) is 0 Å². The summed E-state index contributed by atoms with van der Waals surface area (Å²) in [5.74, 6) is -1.14. The maximum atomic E-state index is 11.9. The average molecular weight is 320 g/mol. The van der Waals surface area contributed by atoms with Gasteiger partial charge in [0.1, 0.15) is 0 Å². The summed E-state index contributed by atoms with van der Waals surface area (Å²) >= 11 is 7.12. The number of alkyl halides is 2. The first-order valence-corrected chi connectivity index (χ1v) is 5.25. The van der Waals surface area contributed by atoms with Gasteiger partial charge in [0, 0.05) is 9.85 Å². The van der Waals surface area contributed by atoms with Crippen LogP contribution in [0.2, 0.25) is 0 Å². The molecular weight excluding hydrogens is 318 g/mol. The molecule has 0 N–H and O–H groups in total. The summed E-state index contributed by atoms with van der Waals surface area (Å²) < 4.78 is 24.9. The Balaban J connectivity index is 3.04. The molecule has 1 rings (SSSR count). The lowest BCUT2D eigenvalue weighted by Gasteiger charge is -1.95. The van der Waals surface area contributed by atoms with E-state index in [0.29, 0.717) is 8.95 Å². The molecule has 0 radical (unpaired) electrons. The van der Waals surface area contributed by atoms with Gasteiger partial charge in [-0.3, -0.25) is 4.79 Å². The summed E-state index contributed by atoms with van der Waals surface area (Å²) in [6, 6.07) is 0. The Bertz CT molecular complexity index is 310. The quantitative estimate of drug-likeness (QED) is 0.759. The Kier molecular flexibility index (Phi) is 3.37. The van der Waals surface area contributed by atoms with E-state index in [-0.39, 0.29) is 4.88 Å². The molecule has 0 aliphatic rings. The molecule has 1 aromatic heterocycles. The van der Waals surface area contributed by atoms with E-state index in [4.69, 9.17) is 0 Å². The van der Waals surface area contributed by atoms with Gasteiger partial charge in [-0.2, -0.15) is 0 Å². The number of carbonyl (C=O) groups is 1. The molecule has 12 heavy (non-hydrogen) atoms. The van der Waals surface area contributed by atoms with Crippen LogP contribution < -0.4 is 0 Å². The Morgan fingerprint density at radius 3 is 2.42 bits per heavy atom. The highest BCUT2D eigenvalue weighted by Crippen LogP contribution is 2.33. The minimum Gasteiger partial charge on any atom is -0.287 e. The number of rotatable bonds is 2. The first-order chi connectivity index (χ1) is 5.54. The molecule has 0 spiro atoms. The molecule has 0 atom stereocenters. The number of thiophene rings is 1. The lowest BCUT2D eigenvalue weighted by molar-refractivity contribution is 0.0682. The van der Waals surface area contributed by atoms with E-state index in [1.807, 2.05) is 0 Å². The third-order valence-corrected chi connectivity index (χ3v) is 4.65. The van der Waals surface area contributed by atoms with Crippen molar-refractivity contribution in [3.63, 3.8) is 0 Å². The lowest BCUT2D eigenvalue weighted by atomic mass is 10.3. The van der Waals surface area contributed by atoms with Gasteiger partial charge in [-0.15, -0.1) is 11.3 Å². The van der Waals surface area contributed by atoms with Gasteiger partial charge in [-0.05, 0) is 31.9 Å². The van der Waals surface area contributed by atoms with Crippen molar-refractivity contribution in [2.45, 2.75) is 6.43 Å². The van der Waals surface area contributed by atoms with Crippen LogP contribution in [0.5, 0.6) is 0 Å². The molecule has 0 aromatic carbocycles. The zero-order chi connectivity index (χ0) is 9.30. The van der Waals surface area contributed by atoms with Crippen LogP contribution in [0.1, 0.15) is 9.67 Å².